The molecule has 0 bridgehead atoms. The molecule has 2 amide bonds. The van der Waals surface area contributed by atoms with E-state index in [0.29, 0.717) is 37.2 Å². The van der Waals surface area contributed by atoms with Crippen LogP contribution in [0.5, 0.6) is 0 Å². The maximum absolute atomic E-state index is 13.1. The van der Waals surface area contributed by atoms with Crippen molar-refractivity contribution in [1.29, 1.82) is 0 Å². The third-order valence-electron chi connectivity index (χ3n) is 5.74. The topological polar surface area (TPSA) is 108 Å². The Labute approximate surface area is 199 Å². The van der Waals surface area contributed by atoms with Crippen molar-refractivity contribution in [3.05, 3.63) is 90.3 Å². The minimum Gasteiger partial charge on any atom is -0.348 e. The summed E-state index contributed by atoms with van der Waals surface area (Å²) in [5.74, 6) is -1.14. The number of rotatable bonds is 7. The Morgan fingerprint density at radius 3 is 2.53 bits per heavy atom. The standard InChI is InChI=1S/C25H26N4O4S/c30-24(20-9-7-15-29(18-20)34(32,33)21-10-2-1-3-11-21)28-23-13-5-4-12-22(23)25(31)27-17-19-8-6-14-26-16-19/h1-6,8,10-14,16,20H,7,9,15,17-18H2,(H,27,31)(H,28,30). The van der Waals surface area contributed by atoms with E-state index in [-0.39, 0.29) is 23.3 Å². The summed E-state index contributed by atoms with van der Waals surface area (Å²) in [5, 5.41) is 5.67. The molecule has 1 atom stereocenters. The predicted molar refractivity (Wildman–Crippen MR) is 128 cm³/mol. The van der Waals surface area contributed by atoms with E-state index in [9.17, 15) is 18.0 Å². The molecule has 0 spiro atoms. The van der Waals surface area contributed by atoms with Crippen LogP contribution in [0.15, 0.2) is 84.0 Å². The lowest BCUT2D eigenvalue weighted by Gasteiger charge is -2.31. The van der Waals surface area contributed by atoms with Gasteiger partial charge in [-0.15, -0.1) is 0 Å². The fourth-order valence-corrected chi connectivity index (χ4v) is 5.47. The molecule has 34 heavy (non-hydrogen) atoms. The van der Waals surface area contributed by atoms with Gasteiger partial charge in [-0.25, -0.2) is 8.42 Å². The lowest BCUT2D eigenvalue weighted by Crippen LogP contribution is -2.43. The smallest absolute Gasteiger partial charge is 0.253 e. The van der Waals surface area contributed by atoms with Crippen LogP contribution in [0.3, 0.4) is 0 Å². The van der Waals surface area contributed by atoms with E-state index < -0.39 is 15.9 Å². The van der Waals surface area contributed by atoms with E-state index in [4.69, 9.17) is 0 Å². The van der Waals surface area contributed by atoms with Crippen molar-refractivity contribution in [2.45, 2.75) is 24.3 Å². The largest absolute Gasteiger partial charge is 0.348 e. The van der Waals surface area contributed by atoms with Gasteiger partial charge in [0.1, 0.15) is 0 Å². The summed E-state index contributed by atoms with van der Waals surface area (Å²) in [5.41, 5.74) is 1.59. The Kier molecular flexibility index (Phi) is 7.34. The molecule has 0 radical (unpaired) electrons. The number of anilines is 1. The zero-order valence-corrected chi connectivity index (χ0v) is 19.4. The number of benzene rings is 2. The number of nitrogens with zero attached hydrogens (tertiary/aromatic N) is 2. The van der Waals surface area contributed by atoms with Crippen LogP contribution in [0.1, 0.15) is 28.8 Å². The van der Waals surface area contributed by atoms with Gasteiger partial charge in [0, 0.05) is 32.0 Å². The number of hydrogen-bond donors (Lipinski definition) is 2. The normalized spacial score (nSPS) is 16.5. The number of nitrogens with one attached hydrogen (secondary N) is 2. The lowest BCUT2D eigenvalue weighted by molar-refractivity contribution is -0.120. The highest BCUT2D eigenvalue weighted by atomic mass is 32.2. The fraction of sp³-hybridized carbons (Fsp3) is 0.240. The molecule has 2 N–H and O–H groups in total. The summed E-state index contributed by atoms with van der Waals surface area (Å²) in [7, 11) is -3.67. The van der Waals surface area contributed by atoms with Gasteiger partial charge in [-0.3, -0.25) is 14.6 Å². The van der Waals surface area contributed by atoms with Crippen molar-refractivity contribution >= 4 is 27.5 Å². The third-order valence-corrected chi connectivity index (χ3v) is 7.62. The summed E-state index contributed by atoms with van der Waals surface area (Å²) in [6.45, 7) is 0.774. The highest BCUT2D eigenvalue weighted by Gasteiger charge is 2.33. The molecule has 1 aliphatic heterocycles. The Morgan fingerprint density at radius 2 is 1.76 bits per heavy atom. The molecule has 1 unspecified atom stereocenters. The lowest BCUT2D eigenvalue weighted by atomic mass is 9.98. The first-order valence-corrected chi connectivity index (χ1v) is 12.5. The molecule has 4 rings (SSSR count). The van der Waals surface area contributed by atoms with Gasteiger partial charge in [0.2, 0.25) is 15.9 Å². The molecular weight excluding hydrogens is 452 g/mol. The molecule has 2 heterocycles. The number of pyridine rings is 1. The van der Waals surface area contributed by atoms with Gasteiger partial charge in [-0.2, -0.15) is 4.31 Å². The van der Waals surface area contributed by atoms with Crippen LogP contribution in [0.2, 0.25) is 0 Å². The van der Waals surface area contributed by atoms with E-state index in [1.807, 2.05) is 6.07 Å². The number of aromatic nitrogens is 1. The molecule has 9 heteroatoms. The summed E-state index contributed by atoms with van der Waals surface area (Å²) in [4.78, 5) is 30.1. The number of para-hydroxylation sites is 1. The van der Waals surface area contributed by atoms with Crippen molar-refractivity contribution in [2.75, 3.05) is 18.4 Å². The number of hydrogen-bond acceptors (Lipinski definition) is 5. The first kappa shape index (κ1) is 23.6. The average Bonchev–Trinajstić information content (AvgIpc) is 2.89. The first-order valence-electron chi connectivity index (χ1n) is 11.1. The van der Waals surface area contributed by atoms with Gasteiger partial charge in [-0.05, 0) is 48.7 Å². The SMILES string of the molecule is O=C(NCc1cccnc1)c1ccccc1NC(=O)C1CCCN(S(=O)(=O)c2ccccc2)C1. The maximum atomic E-state index is 13.1. The van der Waals surface area contributed by atoms with Crippen molar-refractivity contribution < 1.29 is 18.0 Å². The Morgan fingerprint density at radius 1 is 1.00 bits per heavy atom. The summed E-state index contributed by atoms with van der Waals surface area (Å²) < 4.78 is 27.3. The summed E-state index contributed by atoms with van der Waals surface area (Å²) in [6, 6.07) is 18.6. The van der Waals surface area contributed by atoms with Crippen LogP contribution >= 0.6 is 0 Å². The minimum atomic E-state index is -3.67. The van der Waals surface area contributed by atoms with Crippen molar-refractivity contribution in [1.82, 2.24) is 14.6 Å². The molecule has 3 aromatic rings. The molecule has 1 aliphatic rings. The van der Waals surface area contributed by atoms with E-state index in [1.54, 1.807) is 73.1 Å². The number of piperidine rings is 1. The number of sulfonamides is 1. The van der Waals surface area contributed by atoms with Gasteiger partial charge in [0.15, 0.2) is 0 Å². The van der Waals surface area contributed by atoms with E-state index in [1.165, 1.54) is 4.31 Å². The first-order chi connectivity index (χ1) is 16.4. The van der Waals surface area contributed by atoms with Crippen molar-refractivity contribution in [3.8, 4) is 0 Å². The number of carbonyl (C=O) groups excluding carboxylic acids is 2. The molecule has 1 aromatic heterocycles. The zero-order chi connectivity index (χ0) is 24.0. The fourth-order valence-electron chi connectivity index (χ4n) is 3.92. The Hall–Kier alpha value is -3.56. The van der Waals surface area contributed by atoms with Gasteiger partial charge < -0.3 is 10.6 Å². The molecule has 1 fully saturated rings. The van der Waals surface area contributed by atoms with Crippen LogP contribution in [-0.4, -0.2) is 42.6 Å². The molecule has 2 aromatic carbocycles. The second kappa shape index (κ2) is 10.6. The predicted octanol–water partition coefficient (Wildman–Crippen LogP) is 3.05. The second-order valence-electron chi connectivity index (χ2n) is 8.09. The summed E-state index contributed by atoms with van der Waals surface area (Å²) in [6.07, 6.45) is 4.49. The van der Waals surface area contributed by atoms with E-state index >= 15 is 0 Å². The van der Waals surface area contributed by atoms with Crippen LogP contribution in [0.25, 0.3) is 0 Å². The second-order valence-corrected chi connectivity index (χ2v) is 10.0. The molecule has 8 nitrogen and oxygen atoms in total. The molecule has 0 aliphatic carbocycles. The highest BCUT2D eigenvalue weighted by Crippen LogP contribution is 2.25. The average molecular weight is 479 g/mol. The van der Waals surface area contributed by atoms with Crippen molar-refractivity contribution in [3.63, 3.8) is 0 Å². The van der Waals surface area contributed by atoms with Crippen LogP contribution in [-0.2, 0) is 21.4 Å². The Balaban J connectivity index is 1.43. The third kappa shape index (κ3) is 5.49. The number of amides is 2. The molecule has 176 valence electrons. The molecule has 0 saturated carbocycles. The molecular formula is C25H26N4O4S. The quantitative estimate of drug-likeness (QED) is 0.543. The van der Waals surface area contributed by atoms with Crippen LogP contribution < -0.4 is 10.6 Å². The maximum Gasteiger partial charge on any atom is 0.253 e. The zero-order valence-electron chi connectivity index (χ0n) is 18.6. The van der Waals surface area contributed by atoms with E-state index in [0.717, 1.165) is 5.56 Å². The highest BCUT2D eigenvalue weighted by molar-refractivity contribution is 7.89. The summed E-state index contributed by atoms with van der Waals surface area (Å²) >= 11 is 0. The van der Waals surface area contributed by atoms with Gasteiger partial charge in [0.05, 0.1) is 22.1 Å². The molecule has 1 saturated heterocycles. The van der Waals surface area contributed by atoms with Crippen molar-refractivity contribution in [2.24, 2.45) is 5.92 Å². The van der Waals surface area contributed by atoms with E-state index in [2.05, 4.69) is 15.6 Å². The van der Waals surface area contributed by atoms with Crippen LogP contribution in [0, 0.1) is 5.92 Å². The monoisotopic (exact) mass is 478 g/mol. The van der Waals surface area contributed by atoms with Gasteiger partial charge >= 0.3 is 0 Å². The van der Waals surface area contributed by atoms with Gasteiger partial charge in [0.25, 0.3) is 5.91 Å². The number of carbonyl (C=O) groups is 2. The van der Waals surface area contributed by atoms with Crippen LogP contribution in [0.4, 0.5) is 5.69 Å². The van der Waals surface area contributed by atoms with Gasteiger partial charge in [-0.1, -0.05) is 36.4 Å². The Bertz CT molecular complexity index is 1250. The minimum absolute atomic E-state index is 0.0957.